The minimum Gasteiger partial charge on any atom is -0.410 e. The molecular weight excluding hydrogens is 326 g/mol. The Kier molecular flexibility index (Phi) is 6.12. The van der Waals surface area contributed by atoms with E-state index >= 15 is 0 Å². The topological polar surface area (TPSA) is 44.8 Å². The number of hydrogen-bond donors (Lipinski definition) is 1. The molecule has 1 aliphatic heterocycles. The maximum Gasteiger partial charge on any atom is 0.412 e. The summed E-state index contributed by atoms with van der Waals surface area (Å²) in [5.74, 6) is 0.554. The molecule has 0 bridgehead atoms. The van der Waals surface area contributed by atoms with Crippen LogP contribution in [0, 0.1) is 0 Å². The molecule has 0 radical (unpaired) electrons. The van der Waals surface area contributed by atoms with Gasteiger partial charge in [0.2, 0.25) is 0 Å². The Morgan fingerprint density at radius 3 is 2.35 bits per heavy atom. The van der Waals surface area contributed by atoms with Crippen LogP contribution in [0.1, 0.15) is 24.4 Å². The molecule has 3 rings (SSSR count). The lowest BCUT2D eigenvalue weighted by Crippen LogP contribution is -2.38. The van der Waals surface area contributed by atoms with Crippen LogP contribution in [0.2, 0.25) is 0 Å². The van der Waals surface area contributed by atoms with Gasteiger partial charge in [0.05, 0.1) is 6.04 Å². The van der Waals surface area contributed by atoms with Gasteiger partial charge in [-0.3, -0.25) is 4.90 Å². The number of amides is 1. The van der Waals surface area contributed by atoms with Crippen molar-refractivity contribution in [1.82, 2.24) is 10.2 Å². The SMILES string of the molecule is CN(C)c1ccc([C@@H](CNC(=O)Oc2ccccc2)N2CCCC2)cc1. The summed E-state index contributed by atoms with van der Waals surface area (Å²) in [5, 5.41) is 2.93. The molecule has 2 aromatic rings. The molecule has 1 atom stereocenters. The smallest absolute Gasteiger partial charge is 0.410 e. The molecule has 26 heavy (non-hydrogen) atoms. The van der Waals surface area contributed by atoms with Crippen molar-refractivity contribution < 1.29 is 9.53 Å². The van der Waals surface area contributed by atoms with Gasteiger partial charge in [0.1, 0.15) is 5.75 Å². The molecule has 1 heterocycles. The zero-order valence-corrected chi connectivity index (χ0v) is 15.5. The van der Waals surface area contributed by atoms with Gasteiger partial charge in [-0.15, -0.1) is 0 Å². The molecule has 0 aliphatic carbocycles. The zero-order chi connectivity index (χ0) is 18.4. The second kappa shape index (κ2) is 8.72. The summed E-state index contributed by atoms with van der Waals surface area (Å²) in [5.41, 5.74) is 2.39. The van der Waals surface area contributed by atoms with E-state index in [1.807, 2.05) is 32.3 Å². The first-order valence-corrected chi connectivity index (χ1v) is 9.15. The summed E-state index contributed by atoms with van der Waals surface area (Å²) in [7, 11) is 4.07. The third-order valence-corrected chi connectivity index (χ3v) is 4.77. The summed E-state index contributed by atoms with van der Waals surface area (Å²) < 4.78 is 5.34. The van der Waals surface area contributed by atoms with Crippen molar-refractivity contribution in [3.8, 4) is 5.75 Å². The molecular formula is C21H27N3O2. The largest absolute Gasteiger partial charge is 0.412 e. The number of carbonyl (C=O) groups excluding carboxylic acids is 1. The van der Waals surface area contributed by atoms with E-state index in [-0.39, 0.29) is 6.04 Å². The fourth-order valence-corrected chi connectivity index (χ4v) is 3.32. The molecule has 1 saturated heterocycles. The fourth-order valence-electron chi connectivity index (χ4n) is 3.32. The van der Waals surface area contributed by atoms with Crippen LogP contribution in [-0.4, -0.2) is 44.7 Å². The lowest BCUT2D eigenvalue weighted by atomic mass is 10.0. The quantitative estimate of drug-likeness (QED) is 0.860. The Bertz CT molecular complexity index is 695. The van der Waals surface area contributed by atoms with Gasteiger partial charge in [0, 0.05) is 26.3 Å². The third-order valence-electron chi connectivity index (χ3n) is 4.77. The Balaban J connectivity index is 1.65. The average molecular weight is 353 g/mol. The van der Waals surface area contributed by atoms with Crippen molar-refractivity contribution in [2.75, 3.05) is 38.6 Å². The normalized spacial score (nSPS) is 15.5. The van der Waals surface area contributed by atoms with Gasteiger partial charge in [-0.05, 0) is 55.8 Å². The first-order valence-electron chi connectivity index (χ1n) is 9.15. The molecule has 138 valence electrons. The number of hydrogen-bond acceptors (Lipinski definition) is 4. The van der Waals surface area contributed by atoms with Gasteiger partial charge in [-0.25, -0.2) is 4.79 Å². The van der Waals surface area contributed by atoms with Crippen molar-refractivity contribution in [3.05, 3.63) is 60.2 Å². The van der Waals surface area contributed by atoms with Crippen LogP contribution in [0.25, 0.3) is 0 Å². The first-order chi connectivity index (χ1) is 12.6. The summed E-state index contributed by atoms with van der Waals surface area (Å²) in [6, 6.07) is 17.9. The van der Waals surface area contributed by atoms with E-state index in [1.165, 1.54) is 24.1 Å². The highest BCUT2D eigenvalue weighted by Crippen LogP contribution is 2.26. The number of ether oxygens (including phenoxy) is 1. The molecule has 5 nitrogen and oxygen atoms in total. The van der Waals surface area contributed by atoms with E-state index in [0.29, 0.717) is 12.3 Å². The minimum atomic E-state index is -0.412. The lowest BCUT2D eigenvalue weighted by molar-refractivity contribution is 0.189. The average Bonchev–Trinajstić information content (AvgIpc) is 3.17. The Hall–Kier alpha value is -2.53. The summed E-state index contributed by atoms with van der Waals surface area (Å²) in [6.07, 6.45) is 2.01. The van der Waals surface area contributed by atoms with Crippen LogP contribution in [-0.2, 0) is 0 Å². The highest BCUT2D eigenvalue weighted by atomic mass is 16.6. The molecule has 1 fully saturated rings. The molecule has 1 N–H and O–H groups in total. The number of para-hydroxylation sites is 1. The van der Waals surface area contributed by atoms with Gasteiger partial charge in [0.25, 0.3) is 0 Å². The van der Waals surface area contributed by atoms with E-state index < -0.39 is 6.09 Å². The molecule has 5 heteroatoms. The predicted molar refractivity (Wildman–Crippen MR) is 105 cm³/mol. The van der Waals surface area contributed by atoms with Crippen LogP contribution in [0.5, 0.6) is 5.75 Å². The fraction of sp³-hybridized carbons (Fsp3) is 0.381. The predicted octanol–water partition coefficient (Wildman–Crippen LogP) is 3.68. The Morgan fingerprint density at radius 2 is 1.73 bits per heavy atom. The number of rotatable bonds is 6. The highest BCUT2D eigenvalue weighted by molar-refractivity contribution is 5.70. The monoisotopic (exact) mass is 353 g/mol. The number of anilines is 1. The van der Waals surface area contributed by atoms with Crippen molar-refractivity contribution >= 4 is 11.8 Å². The molecule has 0 aromatic heterocycles. The van der Waals surface area contributed by atoms with Gasteiger partial charge >= 0.3 is 6.09 Å². The van der Waals surface area contributed by atoms with Gasteiger partial charge in [-0.1, -0.05) is 30.3 Å². The van der Waals surface area contributed by atoms with E-state index in [0.717, 1.165) is 13.1 Å². The van der Waals surface area contributed by atoms with Crippen molar-refractivity contribution in [2.45, 2.75) is 18.9 Å². The molecule has 0 saturated carbocycles. The summed E-state index contributed by atoms with van der Waals surface area (Å²) in [6.45, 7) is 2.66. The summed E-state index contributed by atoms with van der Waals surface area (Å²) >= 11 is 0. The standard InChI is InChI=1S/C21H27N3O2/c1-23(2)18-12-10-17(11-13-18)20(24-14-6-7-15-24)16-22-21(25)26-19-8-4-3-5-9-19/h3-5,8-13,20H,6-7,14-16H2,1-2H3,(H,22,25)/t20-/m1/s1. The molecule has 1 amide bonds. The second-order valence-corrected chi connectivity index (χ2v) is 6.83. The van der Waals surface area contributed by atoms with Gasteiger partial charge in [0.15, 0.2) is 0 Å². The maximum absolute atomic E-state index is 12.1. The highest BCUT2D eigenvalue weighted by Gasteiger charge is 2.24. The molecule has 1 aliphatic rings. The lowest BCUT2D eigenvalue weighted by Gasteiger charge is -2.28. The van der Waals surface area contributed by atoms with Crippen LogP contribution >= 0.6 is 0 Å². The number of nitrogens with one attached hydrogen (secondary N) is 1. The van der Waals surface area contributed by atoms with Gasteiger partial charge < -0.3 is 15.0 Å². The van der Waals surface area contributed by atoms with E-state index in [9.17, 15) is 4.79 Å². The maximum atomic E-state index is 12.1. The van der Waals surface area contributed by atoms with Crippen molar-refractivity contribution in [3.63, 3.8) is 0 Å². The molecule has 0 unspecified atom stereocenters. The zero-order valence-electron chi connectivity index (χ0n) is 15.5. The molecule has 0 spiro atoms. The number of likely N-dealkylation sites (tertiary alicyclic amines) is 1. The minimum absolute atomic E-state index is 0.164. The van der Waals surface area contributed by atoms with E-state index in [2.05, 4.69) is 39.4 Å². The number of nitrogens with zero attached hydrogens (tertiary/aromatic N) is 2. The van der Waals surface area contributed by atoms with E-state index in [1.54, 1.807) is 12.1 Å². The second-order valence-electron chi connectivity index (χ2n) is 6.83. The van der Waals surface area contributed by atoms with E-state index in [4.69, 9.17) is 4.74 Å². The number of carbonyl (C=O) groups is 1. The first kappa shape index (κ1) is 18.3. The Labute approximate surface area is 155 Å². The van der Waals surface area contributed by atoms with Crippen molar-refractivity contribution in [2.24, 2.45) is 0 Å². The molecule has 2 aromatic carbocycles. The summed E-state index contributed by atoms with van der Waals surface area (Å²) in [4.78, 5) is 16.7. The van der Waals surface area contributed by atoms with Crippen LogP contribution < -0.4 is 15.0 Å². The Morgan fingerprint density at radius 1 is 1.08 bits per heavy atom. The van der Waals surface area contributed by atoms with Gasteiger partial charge in [-0.2, -0.15) is 0 Å². The van der Waals surface area contributed by atoms with Crippen LogP contribution in [0.4, 0.5) is 10.5 Å². The van der Waals surface area contributed by atoms with Crippen LogP contribution in [0.15, 0.2) is 54.6 Å². The van der Waals surface area contributed by atoms with Crippen molar-refractivity contribution in [1.29, 1.82) is 0 Å². The van der Waals surface area contributed by atoms with Crippen LogP contribution in [0.3, 0.4) is 0 Å². The number of benzene rings is 2. The third kappa shape index (κ3) is 4.76.